The Bertz CT molecular complexity index is 617. The first kappa shape index (κ1) is 9.43. The van der Waals surface area contributed by atoms with Gasteiger partial charge in [-0.1, -0.05) is 30.4 Å². The summed E-state index contributed by atoms with van der Waals surface area (Å²) < 4.78 is 0. The third-order valence-corrected chi connectivity index (χ3v) is 3.32. The molecule has 2 aromatic heterocycles. The van der Waals surface area contributed by atoms with Crippen LogP contribution in [0.1, 0.15) is 11.1 Å². The van der Waals surface area contributed by atoms with E-state index in [1.54, 1.807) is 11.3 Å². The molecule has 0 amide bonds. The molecule has 1 aromatic carbocycles. The van der Waals surface area contributed by atoms with E-state index in [1.165, 1.54) is 22.0 Å². The van der Waals surface area contributed by atoms with E-state index in [4.69, 9.17) is 0 Å². The number of benzene rings is 1. The summed E-state index contributed by atoms with van der Waals surface area (Å²) in [7, 11) is 0. The first-order valence-electron chi connectivity index (χ1n) is 5.20. The van der Waals surface area contributed by atoms with E-state index in [0.717, 1.165) is 0 Å². The van der Waals surface area contributed by atoms with Gasteiger partial charge in [-0.25, -0.2) is 0 Å². The molecule has 3 rings (SSSR count). The summed E-state index contributed by atoms with van der Waals surface area (Å²) >= 11 is 1.72. The van der Waals surface area contributed by atoms with Gasteiger partial charge in [-0.3, -0.25) is 0 Å². The molecule has 0 unspecified atom stereocenters. The minimum atomic E-state index is 1.19. The zero-order valence-electron chi connectivity index (χ0n) is 8.68. The van der Waals surface area contributed by atoms with Crippen molar-refractivity contribution in [2.45, 2.75) is 0 Å². The van der Waals surface area contributed by atoms with E-state index < -0.39 is 0 Å². The molecule has 0 aliphatic rings. The van der Waals surface area contributed by atoms with Crippen LogP contribution in [0.5, 0.6) is 0 Å². The smallest absolute Gasteiger partial charge is 0.0460 e. The van der Waals surface area contributed by atoms with Gasteiger partial charge in [-0.05, 0) is 34.0 Å². The van der Waals surface area contributed by atoms with Crippen LogP contribution in [0.15, 0.2) is 47.3 Å². The Balaban J connectivity index is 2.01. The van der Waals surface area contributed by atoms with Gasteiger partial charge >= 0.3 is 0 Å². The molecule has 16 heavy (non-hydrogen) atoms. The van der Waals surface area contributed by atoms with Crippen molar-refractivity contribution in [3.63, 3.8) is 0 Å². The van der Waals surface area contributed by atoms with Gasteiger partial charge in [0.1, 0.15) is 0 Å². The monoisotopic (exact) mass is 225 g/mol. The molecule has 1 N–H and O–H groups in total. The Hall–Kier alpha value is -1.80. The lowest BCUT2D eigenvalue weighted by Crippen LogP contribution is -1.67. The molecule has 0 bridgehead atoms. The molecule has 0 saturated heterocycles. The SMILES string of the molecule is C(=Cc1c[nH]c2ccccc12)c1ccsc1. The summed E-state index contributed by atoms with van der Waals surface area (Å²) in [5.41, 5.74) is 3.68. The van der Waals surface area contributed by atoms with Crippen LogP contribution in [0.25, 0.3) is 23.1 Å². The number of aromatic amines is 1. The number of para-hydroxylation sites is 1. The van der Waals surface area contributed by atoms with E-state index >= 15 is 0 Å². The summed E-state index contributed by atoms with van der Waals surface area (Å²) in [5.74, 6) is 0. The van der Waals surface area contributed by atoms with Gasteiger partial charge in [-0.15, -0.1) is 0 Å². The van der Waals surface area contributed by atoms with Gasteiger partial charge < -0.3 is 4.98 Å². The number of rotatable bonds is 2. The molecule has 0 spiro atoms. The number of thiophene rings is 1. The maximum atomic E-state index is 3.27. The van der Waals surface area contributed by atoms with Crippen LogP contribution in [0.2, 0.25) is 0 Å². The van der Waals surface area contributed by atoms with Crippen LogP contribution in [-0.4, -0.2) is 4.98 Å². The Morgan fingerprint density at radius 1 is 1.06 bits per heavy atom. The van der Waals surface area contributed by atoms with Crippen LogP contribution in [0.4, 0.5) is 0 Å². The predicted octanol–water partition coefficient (Wildman–Crippen LogP) is 4.40. The predicted molar refractivity (Wildman–Crippen MR) is 71.5 cm³/mol. The van der Waals surface area contributed by atoms with Crippen molar-refractivity contribution in [1.29, 1.82) is 0 Å². The number of hydrogen-bond acceptors (Lipinski definition) is 1. The van der Waals surface area contributed by atoms with Crippen molar-refractivity contribution in [2.75, 3.05) is 0 Å². The van der Waals surface area contributed by atoms with Gasteiger partial charge in [0.2, 0.25) is 0 Å². The van der Waals surface area contributed by atoms with Gasteiger partial charge in [0.15, 0.2) is 0 Å². The molecule has 3 aromatic rings. The minimum absolute atomic E-state index is 1.19. The molecule has 0 aliphatic heterocycles. The van der Waals surface area contributed by atoms with E-state index in [2.05, 4.69) is 52.2 Å². The second-order valence-electron chi connectivity index (χ2n) is 3.68. The van der Waals surface area contributed by atoms with Crippen molar-refractivity contribution in [2.24, 2.45) is 0 Å². The first-order valence-corrected chi connectivity index (χ1v) is 6.14. The maximum absolute atomic E-state index is 3.27. The lowest BCUT2D eigenvalue weighted by Gasteiger charge is -1.90. The van der Waals surface area contributed by atoms with E-state index in [1.807, 2.05) is 12.3 Å². The first-order chi connectivity index (χ1) is 7.93. The summed E-state index contributed by atoms with van der Waals surface area (Å²) in [4.78, 5) is 3.27. The number of nitrogens with one attached hydrogen (secondary N) is 1. The van der Waals surface area contributed by atoms with Gasteiger partial charge in [0.05, 0.1) is 0 Å². The largest absolute Gasteiger partial charge is 0.361 e. The van der Waals surface area contributed by atoms with Crippen LogP contribution in [0.3, 0.4) is 0 Å². The standard InChI is InChI=1S/C14H11NS/c1-2-4-14-13(3-1)12(9-15-14)6-5-11-7-8-16-10-11/h1-10,15H. The molecule has 0 fully saturated rings. The molecule has 0 aliphatic carbocycles. The Morgan fingerprint density at radius 3 is 2.88 bits per heavy atom. The normalized spacial score (nSPS) is 11.5. The maximum Gasteiger partial charge on any atom is 0.0460 e. The van der Waals surface area contributed by atoms with E-state index in [-0.39, 0.29) is 0 Å². The zero-order valence-corrected chi connectivity index (χ0v) is 9.50. The summed E-state index contributed by atoms with van der Waals surface area (Å²) in [6.45, 7) is 0. The lowest BCUT2D eigenvalue weighted by molar-refractivity contribution is 1.47. The molecular formula is C14H11NS. The average molecular weight is 225 g/mol. The molecule has 0 radical (unpaired) electrons. The highest BCUT2D eigenvalue weighted by atomic mass is 32.1. The molecular weight excluding hydrogens is 214 g/mol. The van der Waals surface area contributed by atoms with Crippen LogP contribution >= 0.6 is 11.3 Å². The van der Waals surface area contributed by atoms with Crippen LogP contribution < -0.4 is 0 Å². The highest BCUT2D eigenvalue weighted by Gasteiger charge is 1.98. The van der Waals surface area contributed by atoms with Gasteiger partial charge in [0, 0.05) is 17.1 Å². The quantitative estimate of drug-likeness (QED) is 0.665. The van der Waals surface area contributed by atoms with Crippen LogP contribution in [-0.2, 0) is 0 Å². The van der Waals surface area contributed by atoms with Gasteiger partial charge in [-0.2, -0.15) is 11.3 Å². The molecule has 0 atom stereocenters. The minimum Gasteiger partial charge on any atom is -0.361 e. The number of fused-ring (bicyclic) bond motifs is 1. The fourth-order valence-electron chi connectivity index (χ4n) is 1.79. The summed E-state index contributed by atoms with van der Waals surface area (Å²) in [6, 6.07) is 10.5. The fraction of sp³-hybridized carbons (Fsp3) is 0. The third kappa shape index (κ3) is 1.68. The average Bonchev–Trinajstić information content (AvgIpc) is 2.96. The van der Waals surface area contributed by atoms with Crippen molar-refractivity contribution in [3.8, 4) is 0 Å². The van der Waals surface area contributed by atoms with Gasteiger partial charge in [0.25, 0.3) is 0 Å². The Labute approximate surface area is 98.1 Å². The van der Waals surface area contributed by atoms with Crippen molar-refractivity contribution >= 4 is 34.4 Å². The highest BCUT2D eigenvalue weighted by Crippen LogP contribution is 2.20. The van der Waals surface area contributed by atoms with E-state index in [9.17, 15) is 0 Å². The Kier molecular flexibility index (Phi) is 2.35. The fourth-order valence-corrected chi connectivity index (χ4v) is 2.42. The second-order valence-corrected chi connectivity index (χ2v) is 4.46. The highest BCUT2D eigenvalue weighted by molar-refractivity contribution is 7.08. The number of aromatic nitrogens is 1. The molecule has 78 valence electrons. The molecule has 0 saturated carbocycles. The van der Waals surface area contributed by atoms with Crippen molar-refractivity contribution in [3.05, 3.63) is 58.4 Å². The molecule has 2 heterocycles. The topological polar surface area (TPSA) is 15.8 Å². The molecule has 1 nitrogen and oxygen atoms in total. The summed E-state index contributed by atoms with van der Waals surface area (Å²) in [6.07, 6.45) is 6.35. The number of hydrogen-bond donors (Lipinski definition) is 1. The van der Waals surface area contributed by atoms with Crippen molar-refractivity contribution in [1.82, 2.24) is 4.98 Å². The second kappa shape index (κ2) is 3.99. The van der Waals surface area contributed by atoms with E-state index in [0.29, 0.717) is 0 Å². The summed E-state index contributed by atoms with van der Waals surface area (Å²) in [5, 5.41) is 5.51. The zero-order chi connectivity index (χ0) is 10.8. The Morgan fingerprint density at radius 2 is 2.00 bits per heavy atom. The molecule has 2 heteroatoms. The number of H-pyrrole nitrogens is 1. The van der Waals surface area contributed by atoms with Crippen LogP contribution in [0, 0.1) is 0 Å². The van der Waals surface area contributed by atoms with Crippen molar-refractivity contribution < 1.29 is 0 Å². The third-order valence-electron chi connectivity index (χ3n) is 2.62. The lowest BCUT2D eigenvalue weighted by atomic mass is 10.1.